The maximum Gasteiger partial charge on any atom is 0.220 e. The highest BCUT2D eigenvalue weighted by molar-refractivity contribution is 7.88. The number of aromatic nitrogens is 1. The van der Waals surface area contributed by atoms with Crippen LogP contribution in [0.5, 0.6) is 0 Å². The van der Waals surface area contributed by atoms with Gasteiger partial charge in [-0.3, -0.25) is 0 Å². The van der Waals surface area contributed by atoms with Crippen molar-refractivity contribution in [1.29, 1.82) is 0 Å². The van der Waals surface area contributed by atoms with Gasteiger partial charge in [0.05, 0.1) is 0 Å². The van der Waals surface area contributed by atoms with Crippen molar-refractivity contribution in [2.75, 3.05) is 13.1 Å². The van der Waals surface area contributed by atoms with Gasteiger partial charge in [0.15, 0.2) is 0 Å². The summed E-state index contributed by atoms with van der Waals surface area (Å²) in [5.74, 6) is 1.08. The topological polar surface area (TPSA) is 89.4 Å². The Hall–Kier alpha value is -0.920. The van der Waals surface area contributed by atoms with E-state index < -0.39 is 10.0 Å². The molecule has 1 aromatic rings. The van der Waals surface area contributed by atoms with Crippen molar-refractivity contribution in [3.63, 3.8) is 0 Å². The van der Waals surface area contributed by atoms with Gasteiger partial charge in [0, 0.05) is 25.2 Å². The van der Waals surface area contributed by atoms with Crippen molar-refractivity contribution in [3.05, 3.63) is 17.5 Å². The van der Waals surface area contributed by atoms with E-state index in [1.54, 1.807) is 17.3 Å². The number of hydrogen-bond acceptors (Lipinski definition) is 5. The van der Waals surface area contributed by atoms with E-state index in [-0.39, 0.29) is 11.8 Å². The number of nitrogens with two attached hydrogens (primary N) is 1. The van der Waals surface area contributed by atoms with Crippen LogP contribution in [0, 0.1) is 12.8 Å². The lowest BCUT2D eigenvalue weighted by Crippen LogP contribution is -2.49. The van der Waals surface area contributed by atoms with Crippen LogP contribution in [0.1, 0.15) is 37.6 Å². The third-order valence-corrected chi connectivity index (χ3v) is 5.84. The molecule has 114 valence electrons. The van der Waals surface area contributed by atoms with E-state index in [1.807, 2.05) is 0 Å². The van der Waals surface area contributed by atoms with Gasteiger partial charge in [0.25, 0.3) is 0 Å². The van der Waals surface area contributed by atoms with Gasteiger partial charge in [-0.05, 0) is 25.7 Å². The Labute approximate surface area is 120 Å². The fourth-order valence-electron chi connectivity index (χ4n) is 2.82. The molecular formula is C13H23N3O3S. The van der Waals surface area contributed by atoms with Crippen molar-refractivity contribution >= 4 is 10.0 Å². The minimum atomic E-state index is -3.39. The first-order chi connectivity index (χ1) is 9.46. The van der Waals surface area contributed by atoms with Crippen molar-refractivity contribution in [2.45, 2.75) is 44.9 Å². The molecule has 0 aliphatic carbocycles. The molecule has 20 heavy (non-hydrogen) atoms. The molecule has 0 saturated carbocycles. The second kappa shape index (κ2) is 6.24. The van der Waals surface area contributed by atoms with Crippen molar-refractivity contribution in [3.8, 4) is 0 Å². The molecule has 2 atom stereocenters. The van der Waals surface area contributed by atoms with Crippen LogP contribution in [0.15, 0.2) is 10.6 Å². The van der Waals surface area contributed by atoms with E-state index in [4.69, 9.17) is 10.3 Å². The minimum absolute atomic E-state index is 0.0910. The second-order valence-corrected chi connectivity index (χ2v) is 7.41. The highest BCUT2D eigenvalue weighted by atomic mass is 32.2. The molecule has 2 rings (SSSR count). The molecule has 1 saturated heterocycles. The van der Waals surface area contributed by atoms with Gasteiger partial charge in [-0.2, -0.15) is 4.31 Å². The average Bonchev–Trinajstić information content (AvgIpc) is 2.82. The van der Waals surface area contributed by atoms with Crippen LogP contribution >= 0.6 is 0 Å². The van der Waals surface area contributed by atoms with Crippen molar-refractivity contribution in [2.24, 2.45) is 11.7 Å². The molecule has 2 heterocycles. The van der Waals surface area contributed by atoms with Gasteiger partial charge >= 0.3 is 0 Å². The monoisotopic (exact) mass is 301 g/mol. The quantitative estimate of drug-likeness (QED) is 0.884. The highest BCUT2D eigenvalue weighted by Gasteiger charge is 2.35. The Morgan fingerprint density at radius 3 is 2.85 bits per heavy atom. The molecule has 1 aliphatic rings. The van der Waals surface area contributed by atoms with Crippen LogP contribution in [0.4, 0.5) is 0 Å². The van der Waals surface area contributed by atoms with Crippen LogP contribution in [0.3, 0.4) is 0 Å². The first-order valence-corrected chi connectivity index (χ1v) is 8.69. The van der Waals surface area contributed by atoms with Crippen LogP contribution < -0.4 is 5.73 Å². The first kappa shape index (κ1) is 15.5. The summed E-state index contributed by atoms with van der Waals surface area (Å²) in [4.78, 5) is 0. The fourth-order valence-corrected chi connectivity index (χ4v) is 4.50. The predicted molar refractivity (Wildman–Crippen MR) is 76.4 cm³/mol. The van der Waals surface area contributed by atoms with Crippen LogP contribution in [0.2, 0.25) is 0 Å². The number of sulfonamides is 1. The number of piperidine rings is 1. The van der Waals surface area contributed by atoms with Crippen molar-refractivity contribution in [1.82, 2.24) is 9.46 Å². The van der Waals surface area contributed by atoms with E-state index in [9.17, 15) is 8.42 Å². The summed E-state index contributed by atoms with van der Waals surface area (Å²) in [5.41, 5.74) is 6.22. The molecular weight excluding hydrogens is 278 g/mol. The van der Waals surface area contributed by atoms with Gasteiger partial charge < -0.3 is 10.3 Å². The fraction of sp³-hybridized carbons (Fsp3) is 0.769. The van der Waals surface area contributed by atoms with Gasteiger partial charge in [0.1, 0.15) is 17.2 Å². The SMILES string of the molecule is CCC1CCN(S(=O)(=O)Cc2cc(C)on2)C(CN)C1. The standard InChI is InChI=1S/C13H23N3O3S/c1-3-11-4-5-16(13(7-11)8-14)20(17,18)9-12-6-10(2)19-15-12/h6,11,13H,3-5,7-9,14H2,1-2H3. The van der Waals surface area contributed by atoms with Gasteiger partial charge in [-0.15, -0.1) is 0 Å². The Bertz CT molecular complexity index is 541. The van der Waals surface area contributed by atoms with Crippen LogP contribution in [-0.4, -0.2) is 37.0 Å². The lowest BCUT2D eigenvalue weighted by atomic mass is 9.90. The molecule has 7 heteroatoms. The minimum Gasteiger partial charge on any atom is -0.361 e. The summed E-state index contributed by atoms with van der Waals surface area (Å²) in [5, 5.41) is 3.77. The largest absolute Gasteiger partial charge is 0.361 e. The third kappa shape index (κ3) is 3.39. The molecule has 1 aliphatic heterocycles. The zero-order chi connectivity index (χ0) is 14.8. The molecule has 0 amide bonds. The first-order valence-electron chi connectivity index (χ1n) is 7.08. The lowest BCUT2D eigenvalue weighted by molar-refractivity contribution is 0.197. The summed E-state index contributed by atoms with van der Waals surface area (Å²) in [6, 6.07) is 1.57. The van der Waals surface area contributed by atoms with Crippen LogP contribution in [-0.2, 0) is 15.8 Å². The zero-order valence-corrected chi connectivity index (χ0v) is 12.9. The van der Waals surface area contributed by atoms with Gasteiger partial charge in [-0.1, -0.05) is 18.5 Å². The molecule has 0 bridgehead atoms. The van der Waals surface area contributed by atoms with E-state index >= 15 is 0 Å². The Kier molecular flexibility index (Phi) is 4.82. The molecule has 1 aromatic heterocycles. The molecule has 6 nitrogen and oxygen atoms in total. The van der Waals surface area contributed by atoms with Crippen molar-refractivity contribution < 1.29 is 12.9 Å². The summed E-state index contributed by atoms with van der Waals surface area (Å²) in [7, 11) is -3.39. The van der Waals surface area contributed by atoms with E-state index in [0.717, 1.165) is 19.3 Å². The number of rotatable bonds is 5. The normalized spacial score (nSPS) is 24.9. The Balaban J connectivity index is 2.11. The summed E-state index contributed by atoms with van der Waals surface area (Å²) in [6.45, 7) is 4.81. The smallest absolute Gasteiger partial charge is 0.220 e. The summed E-state index contributed by atoms with van der Waals surface area (Å²) < 4.78 is 31.5. The highest BCUT2D eigenvalue weighted by Crippen LogP contribution is 2.28. The Morgan fingerprint density at radius 1 is 1.55 bits per heavy atom. The molecule has 1 fully saturated rings. The van der Waals surface area contributed by atoms with Gasteiger partial charge in [-0.25, -0.2) is 8.42 Å². The number of hydrogen-bond donors (Lipinski definition) is 1. The Morgan fingerprint density at radius 2 is 2.30 bits per heavy atom. The summed E-state index contributed by atoms with van der Waals surface area (Å²) in [6.07, 6.45) is 2.83. The van der Waals surface area contributed by atoms with E-state index in [0.29, 0.717) is 30.5 Å². The lowest BCUT2D eigenvalue weighted by Gasteiger charge is -2.37. The van der Waals surface area contributed by atoms with Gasteiger partial charge in [0.2, 0.25) is 10.0 Å². The second-order valence-electron chi connectivity index (χ2n) is 5.48. The maximum absolute atomic E-state index is 12.5. The molecule has 2 unspecified atom stereocenters. The maximum atomic E-state index is 12.5. The van der Waals surface area contributed by atoms with E-state index in [2.05, 4.69) is 12.1 Å². The molecule has 0 radical (unpaired) electrons. The molecule has 2 N–H and O–H groups in total. The van der Waals surface area contributed by atoms with Crippen LogP contribution in [0.25, 0.3) is 0 Å². The number of aryl methyl sites for hydroxylation is 1. The number of nitrogens with zero attached hydrogens (tertiary/aromatic N) is 2. The zero-order valence-electron chi connectivity index (χ0n) is 12.1. The predicted octanol–water partition coefficient (Wildman–Crippen LogP) is 1.26. The molecule has 0 spiro atoms. The average molecular weight is 301 g/mol. The summed E-state index contributed by atoms with van der Waals surface area (Å²) >= 11 is 0. The van der Waals surface area contributed by atoms with E-state index in [1.165, 1.54) is 0 Å². The third-order valence-electron chi connectivity index (χ3n) is 3.98. The molecule has 0 aromatic carbocycles.